The minimum Gasteiger partial charge on any atom is -0.462 e. The average Bonchev–Trinajstić information content (AvgIpc) is 2.66. The molecule has 1 amide bonds. The van der Waals surface area contributed by atoms with E-state index in [1.165, 1.54) is 44.4 Å². The van der Waals surface area contributed by atoms with E-state index >= 15 is 0 Å². The quantitative estimate of drug-likeness (QED) is 0.687. The SMILES string of the molecule is CCCOC(=O)c1ccc(NC(=O)c2ccc(Cl)c(S(=O)(=O)N(C)C)c2)cc1. The van der Waals surface area contributed by atoms with Crippen LogP contribution in [-0.4, -0.2) is 45.3 Å². The minimum absolute atomic E-state index is 0.0280. The van der Waals surface area contributed by atoms with Gasteiger partial charge in [-0.3, -0.25) is 4.79 Å². The molecule has 0 atom stereocenters. The van der Waals surface area contributed by atoms with Gasteiger partial charge in [-0.05, 0) is 48.9 Å². The highest BCUT2D eigenvalue weighted by molar-refractivity contribution is 7.89. The predicted molar refractivity (Wildman–Crippen MR) is 107 cm³/mol. The van der Waals surface area contributed by atoms with Crippen molar-refractivity contribution in [3.8, 4) is 0 Å². The Balaban J connectivity index is 2.18. The number of nitrogens with zero attached hydrogens (tertiary/aromatic N) is 1. The van der Waals surface area contributed by atoms with Crippen LogP contribution in [0.3, 0.4) is 0 Å². The number of amides is 1. The van der Waals surface area contributed by atoms with Gasteiger partial charge in [0.15, 0.2) is 0 Å². The molecule has 150 valence electrons. The lowest BCUT2D eigenvalue weighted by atomic mass is 10.2. The third kappa shape index (κ3) is 5.09. The number of ether oxygens (including phenoxy) is 1. The molecule has 0 aliphatic carbocycles. The number of carbonyl (C=O) groups excluding carboxylic acids is 2. The maximum absolute atomic E-state index is 12.5. The van der Waals surface area contributed by atoms with Crippen LogP contribution in [0, 0.1) is 0 Å². The summed E-state index contributed by atoms with van der Waals surface area (Å²) in [6.07, 6.45) is 0.729. The zero-order valence-corrected chi connectivity index (χ0v) is 17.3. The smallest absolute Gasteiger partial charge is 0.338 e. The second kappa shape index (κ2) is 9.18. The topological polar surface area (TPSA) is 92.8 Å². The highest BCUT2D eigenvalue weighted by Gasteiger charge is 2.22. The van der Waals surface area contributed by atoms with Gasteiger partial charge >= 0.3 is 5.97 Å². The van der Waals surface area contributed by atoms with Crippen LogP contribution in [0.1, 0.15) is 34.1 Å². The molecule has 0 heterocycles. The van der Waals surface area contributed by atoms with Crippen molar-refractivity contribution < 1.29 is 22.7 Å². The second-order valence-electron chi connectivity index (χ2n) is 6.10. The lowest BCUT2D eigenvalue weighted by molar-refractivity contribution is 0.0505. The lowest BCUT2D eigenvalue weighted by Gasteiger charge is -2.14. The van der Waals surface area contributed by atoms with Crippen LogP contribution < -0.4 is 5.32 Å². The van der Waals surface area contributed by atoms with E-state index in [4.69, 9.17) is 16.3 Å². The van der Waals surface area contributed by atoms with Gasteiger partial charge in [0, 0.05) is 25.3 Å². The largest absolute Gasteiger partial charge is 0.462 e. The first-order valence-corrected chi connectivity index (χ1v) is 10.3. The number of nitrogens with one attached hydrogen (secondary N) is 1. The first kappa shape index (κ1) is 21.9. The summed E-state index contributed by atoms with van der Waals surface area (Å²) in [6, 6.07) is 10.2. The van der Waals surface area contributed by atoms with Crippen LogP contribution >= 0.6 is 11.6 Å². The Hall–Kier alpha value is -2.42. The number of rotatable bonds is 7. The molecule has 0 aliphatic heterocycles. The molecule has 0 saturated heterocycles. The molecule has 28 heavy (non-hydrogen) atoms. The molecule has 0 radical (unpaired) electrons. The average molecular weight is 425 g/mol. The standard InChI is InChI=1S/C19H21ClN2O5S/c1-4-11-27-19(24)13-5-8-15(9-6-13)21-18(23)14-7-10-16(20)17(12-14)28(25,26)22(2)3/h5-10,12H,4,11H2,1-3H3,(H,21,23). The van der Waals surface area contributed by atoms with Gasteiger partial charge in [0.25, 0.3) is 5.91 Å². The molecule has 1 N–H and O–H groups in total. The Morgan fingerprint density at radius 3 is 2.25 bits per heavy atom. The molecule has 0 aliphatic rings. The maximum Gasteiger partial charge on any atom is 0.338 e. The molecular weight excluding hydrogens is 404 g/mol. The Kier molecular flexibility index (Phi) is 7.17. The van der Waals surface area contributed by atoms with Crippen molar-refractivity contribution in [1.29, 1.82) is 0 Å². The van der Waals surface area contributed by atoms with Gasteiger partial charge < -0.3 is 10.1 Å². The molecule has 0 fully saturated rings. The molecule has 0 aromatic heterocycles. The number of benzene rings is 2. The summed E-state index contributed by atoms with van der Waals surface area (Å²) < 4.78 is 30.7. The third-order valence-electron chi connectivity index (χ3n) is 3.77. The number of hydrogen-bond donors (Lipinski definition) is 1. The van der Waals surface area contributed by atoms with Crippen LogP contribution in [0.4, 0.5) is 5.69 Å². The van der Waals surface area contributed by atoms with Crippen molar-refractivity contribution in [3.63, 3.8) is 0 Å². The molecule has 0 unspecified atom stereocenters. The number of sulfonamides is 1. The number of anilines is 1. The zero-order chi connectivity index (χ0) is 20.9. The first-order chi connectivity index (χ1) is 13.2. The molecule has 9 heteroatoms. The van der Waals surface area contributed by atoms with Gasteiger partial charge in [0.1, 0.15) is 4.90 Å². The van der Waals surface area contributed by atoms with Gasteiger partial charge in [-0.1, -0.05) is 18.5 Å². The maximum atomic E-state index is 12.5. The van der Waals surface area contributed by atoms with Crippen molar-refractivity contribution >= 4 is 39.2 Å². The summed E-state index contributed by atoms with van der Waals surface area (Å²) in [5.74, 6) is -0.941. The van der Waals surface area contributed by atoms with Crippen LogP contribution in [0.5, 0.6) is 0 Å². The van der Waals surface area contributed by atoms with Crippen LogP contribution in [-0.2, 0) is 14.8 Å². The molecule has 2 aromatic rings. The van der Waals surface area contributed by atoms with Gasteiger partial charge in [-0.15, -0.1) is 0 Å². The summed E-state index contributed by atoms with van der Waals surface area (Å²) in [5.41, 5.74) is 0.956. The van der Waals surface area contributed by atoms with Gasteiger partial charge in [0.05, 0.1) is 17.2 Å². The summed E-state index contributed by atoms with van der Waals surface area (Å²) in [4.78, 5) is 24.1. The molecule has 0 saturated carbocycles. The summed E-state index contributed by atoms with van der Waals surface area (Å²) in [5, 5.41) is 2.68. The van der Waals surface area contributed by atoms with Gasteiger partial charge in [-0.25, -0.2) is 17.5 Å². The zero-order valence-electron chi connectivity index (χ0n) is 15.7. The van der Waals surface area contributed by atoms with Crippen LogP contribution in [0.2, 0.25) is 5.02 Å². The molecule has 2 aromatic carbocycles. The number of carbonyl (C=O) groups is 2. The van der Waals surface area contributed by atoms with Crippen molar-refractivity contribution in [3.05, 3.63) is 58.6 Å². The van der Waals surface area contributed by atoms with Gasteiger partial charge in [-0.2, -0.15) is 0 Å². The number of halogens is 1. The van der Waals surface area contributed by atoms with E-state index in [-0.39, 0.29) is 15.5 Å². The highest BCUT2D eigenvalue weighted by Crippen LogP contribution is 2.25. The van der Waals surface area contributed by atoms with E-state index < -0.39 is 21.9 Å². The number of esters is 1. The fourth-order valence-electron chi connectivity index (χ4n) is 2.21. The molecule has 2 rings (SSSR count). The first-order valence-electron chi connectivity index (χ1n) is 8.47. The minimum atomic E-state index is -3.79. The predicted octanol–water partition coefficient (Wildman–Crippen LogP) is 3.41. The van der Waals surface area contributed by atoms with Crippen molar-refractivity contribution in [2.75, 3.05) is 26.0 Å². The third-order valence-corrected chi connectivity index (χ3v) is 6.06. The Morgan fingerprint density at radius 1 is 1.07 bits per heavy atom. The monoisotopic (exact) mass is 424 g/mol. The van der Waals surface area contributed by atoms with Crippen molar-refractivity contribution in [2.24, 2.45) is 0 Å². The highest BCUT2D eigenvalue weighted by atomic mass is 35.5. The van der Waals surface area contributed by atoms with Crippen LogP contribution in [0.25, 0.3) is 0 Å². The second-order valence-corrected chi connectivity index (χ2v) is 8.63. The Bertz CT molecular complexity index is 972. The summed E-state index contributed by atoms with van der Waals surface area (Å²) >= 11 is 5.99. The van der Waals surface area contributed by atoms with Crippen LogP contribution in [0.15, 0.2) is 47.4 Å². The van der Waals surface area contributed by atoms with E-state index in [0.29, 0.717) is 17.9 Å². The molecular formula is C19H21ClN2O5S. The Labute approximate surface area is 169 Å². The molecule has 0 spiro atoms. The van der Waals surface area contributed by atoms with E-state index in [1.54, 1.807) is 12.1 Å². The van der Waals surface area contributed by atoms with E-state index in [1.807, 2.05) is 6.92 Å². The fraction of sp³-hybridized carbons (Fsp3) is 0.263. The normalized spacial score (nSPS) is 11.3. The fourth-order valence-corrected chi connectivity index (χ4v) is 3.60. The lowest BCUT2D eigenvalue weighted by Crippen LogP contribution is -2.23. The molecule has 7 nitrogen and oxygen atoms in total. The number of hydrogen-bond acceptors (Lipinski definition) is 5. The van der Waals surface area contributed by atoms with E-state index in [2.05, 4.69) is 5.32 Å². The van der Waals surface area contributed by atoms with E-state index in [9.17, 15) is 18.0 Å². The summed E-state index contributed by atoms with van der Waals surface area (Å²) in [6.45, 7) is 2.24. The molecule has 0 bridgehead atoms. The van der Waals surface area contributed by atoms with Crippen molar-refractivity contribution in [2.45, 2.75) is 18.2 Å². The Morgan fingerprint density at radius 2 is 1.68 bits per heavy atom. The van der Waals surface area contributed by atoms with Gasteiger partial charge in [0.2, 0.25) is 10.0 Å². The van der Waals surface area contributed by atoms with E-state index in [0.717, 1.165) is 10.7 Å². The van der Waals surface area contributed by atoms with Crippen molar-refractivity contribution in [1.82, 2.24) is 4.31 Å². The summed E-state index contributed by atoms with van der Waals surface area (Å²) in [7, 11) is -1.03.